The van der Waals surface area contributed by atoms with Crippen molar-refractivity contribution >= 4 is 16.7 Å². The van der Waals surface area contributed by atoms with Gasteiger partial charge in [-0.25, -0.2) is 9.97 Å². The van der Waals surface area contributed by atoms with Crippen LogP contribution in [0.4, 0.5) is 19.0 Å². The second-order valence-corrected chi connectivity index (χ2v) is 8.55. The molecule has 9 heteroatoms. The number of morpholine rings is 1. The number of nitrogens with zero attached hydrogens (tertiary/aromatic N) is 5. The van der Waals surface area contributed by atoms with Gasteiger partial charge in [-0.15, -0.1) is 0 Å². The zero-order valence-electron chi connectivity index (χ0n) is 19.4. The standard InChI is InChI=1S/C24H28F3N5O/c1-14-13-32(9-10-33-14)22-11-19-21(12-28-22)31(5)17(4)30-23(19)29-16(3)18-7-6-8-20(15(18)2)24(25,26)27/h6-8,11-12,14,16H,9-10,13H2,1-5H3/b29-23-/t14-,16-/m1/s1. The Morgan fingerprint density at radius 1 is 1.24 bits per heavy atom. The Morgan fingerprint density at radius 2 is 2.00 bits per heavy atom. The molecule has 0 unspecified atom stereocenters. The minimum absolute atomic E-state index is 0.108. The van der Waals surface area contributed by atoms with E-state index in [4.69, 9.17) is 9.73 Å². The highest BCUT2D eigenvalue weighted by molar-refractivity contribution is 5.80. The summed E-state index contributed by atoms with van der Waals surface area (Å²) in [6.45, 7) is 9.28. The van der Waals surface area contributed by atoms with Crippen LogP contribution in [0, 0.1) is 13.8 Å². The number of anilines is 1. The molecule has 4 rings (SSSR count). The molecule has 0 bridgehead atoms. The third kappa shape index (κ3) is 4.59. The summed E-state index contributed by atoms with van der Waals surface area (Å²) in [6.07, 6.45) is -2.49. The molecular formula is C24H28F3N5O. The summed E-state index contributed by atoms with van der Waals surface area (Å²) in [5.41, 5.74) is 1.44. The van der Waals surface area contributed by atoms with Crippen molar-refractivity contribution in [3.8, 4) is 0 Å². The molecule has 1 aromatic carbocycles. The second-order valence-electron chi connectivity index (χ2n) is 8.55. The summed E-state index contributed by atoms with van der Waals surface area (Å²) in [7, 11) is 1.91. The topological polar surface area (TPSA) is 55.5 Å². The highest BCUT2D eigenvalue weighted by Crippen LogP contribution is 2.35. The van der Waals surface area contributed by atoms with E-state index >= 15 is 0 Å². The quantitative estimate of drug-likeness (QED) is 0.579. The summed E-state index contributed by atoms with van der Waals surface area (Å²) in [6, 6.07) is 5.69. The van der Waals surface area contributed by atoms with Crippen LogP contribution in [0.5, 0.6) is 0 Å². The van der Waals surface area contributed by atoms with E-state index in [1.54, 1.807) is 19.2 Å². The average molecular weight is 460 g/mol. The van der Waals surface area contributed by atoms with Gasteiger partial charge >= 0.3 is 6.18 Å². The Kier molecular flexibility index (Phi) is 6.18. The van der Waals surface area contributed by atoms with Gasteiger partial charge in [0.15, 0.2) is 5.49 Å². The lowest BCUT2D eigenvalue weighted by Gasteiger charge is -2.32. The molecule has 0 amide bonds. The molecule has 33 heavy (non-hydrogen) atoms. The maximum atomic E-state index is 13.4. The van der Waals surface area contributed by atoms with E-state index in [9.17, 15) is 13.2 Å². The second kappa shape index (κ2) is 8.78. The fourth-order valence-electron chi connectivity index (χ4n) is 4.31. The van der Waals surface area contributed by atoms with Crippen LogP contribution in [0.15, 0.2) is 35.5 Å². The first kappa shape index (κ1) is 23.2. The van der Waals surface area contributed by atoms with Crippen LogP contribution < -0.4 is 10.4 Å². The first-order valence-electron chi connectivity index (χ1n) is 11.0. The molecule has 1 aliphatic rings. The van der Waals surface area contributed by atoms with Gasteiger partial charge in [0.25, 0.3) is 0 Å². The van der Waals surface area contributed by atoms with E-state index in [-0.39, 0.29) is 11.7 Å². The Hall–Kier alpha value is -2.94. The largest absolute Gasteiger partial charge is 0.416 e. The summed E-state index contributed by atoms with van der Waals surface area (Å²) >= 11 is 0. The third-order valence-corrected chi connectivity index (χ3v) is 6.24. The van der Waals surface area contributed by atoms with Gasteiger partial charge in [0.05, 0.1) is 36.0 Å². The molecule has 2 atom stereocenters. The Balaban J connectivity index is 1.84. The SMILES string of the molecule is Cc1c([C@@H](C)/N=c2\nc(C)n(C)c3cnc(N4CCO[C@H](C)C4)cc23)cccc1C(F)(F)F. The molecule has 176 valence electrons. The van der Waals surface area contributed by atoms with Gasteiger partial charge in [0, 0.05) is 25.5 Å². The number of alkyl halides is 3. The molecule has 0 N–H and O–H groups in total. The number of hydrogen-bond acceptors (Lipinski definition) is 5. The molecule has 0 radical (unpaired) electrons. The molecule has 0 spiro atoms. The summed E-state index contributed by atoms with van der Waals surface area (Å²) < 4.78 is 47.8. The molecule has 1 aliphatic heterocycles. The highest BCUT2D eigenvalue weighted by Gasteiger charge is 2.33. The number of ether oxygens (including phenoxy) is 1. The fraction of sp³-hybridized carbons (Fsp3) is 0.458. The van der Waals surface area contributed by atoms with Crippen molar-refractivity contribution in [3.05, 3.63) is 58.5 Å². The molecule has 0 aliphatic carbocycles. The van der Waals surface area contributed by atoms with Crippen LogP contribution >= 0.6 is 0 Å². The van der Waals surface area contributed by atoms with Crippen LogP contribution in [0.2, 0.25) is 0 Å². The van der Waals surface area contributed by atoms with Gasteiger partial charge in [-0.05, 0) is 51.0 Å². The van der Waals surface area contributed by atoms with E-state index in [1.165, 1.54) is 13.0 Å². The predicted octanol–water partition coefficient (Wildman–Crippen LogP) is 4.49. The first-order chi connectivity index (χ1) is 15.6. The summed E-state index contributed by atoms with van der Waals surface area (Å²) in [5.74, 6) is 1.55. The number of benzene rings is 1. The van der Waals surface area contributed by atoms with Crippen molar-refractivity contribution < 1.29 is 17.9 Å². The molecule has 1 fully saturated rings. The number of aromatic nitrogens is 3. The van der Waals surface area contributed by atoms with Crippen LogP contribution in [-0.2, 0) is 18.0 Å². The zero-order chi connectivity index (χ0) is 23.9. The van der Waals surface area contributed by atoms with Crippen molar-refractivity contribution in [1.82, 2.24) is 14.5 Å². The van der Waals surface area contributed by atoms with Crippen molar-refractivity contribution in [2.75, 3.05) is 24.6 Å². The van der Waals surface area contributed by atoms with E-state index in [0.29, 0.717) is 17.7 Å². The van der Waals surface area contributed by atoms with Crippen molar-refractivity contribution in [2.24, 2.45) is 12.0 Å². The Morgan fingerprint density at radius 3 is 2.70 bits per heavy atom. The van der Waals surface area contributed by atoms with E-state index < -0.39 is 17.8 Å². The Bertz CT molecular complexity index is 1250. The maximum Gasteiger partial charge on any atom is 0.416 e. The van der Waals surface area contributed by atoms with Gasteiger partial charge in [-0.2, -0.15) is 13.2 Å². The smallest absolute Gasteiger partial charge is 0.375 e. The fourth-order valence-corrected chi connectivity index (χ4v) is 4.31. The molecule has 3 heterocycles. The summed E-state index contributed by atoms with van der Waals surface area (Å²) in [5, 5.41) is 0.809. The van der Waals surface area contributed by atoms with E-state index in [1.807, 2.05) is 31.5 Å². The van der Waals surface area contributed by atoms with Crippen molar-refractivity contribution in [2.45, 2.75) is 46.0 Å². The number of hydrogen-bond donors (Lipinski definition) is 0. The van der Waals surface area contributed by atoms with E-state index in [2.05, 4.69) is 14.9 Å². The Labute approximate surface area is 190 Å². The number of halogens is 3. The number of rotatable bonds is 3. The molecule has 2 aromatic heterocycles. The minimum atomic E-state index is -4.41. The van der Waals surface area contributed by atoms with Crippen LogP contribution in [0.3, 0.4) is 0 Å². The number of aryl methyl sites for hydroxylation is 2. The van der Waals surface area contributed by atoms with Crippen LogP contribution in [0.25, 0.3) is 10.9 Å². The summed E-state index contributed by atoms with van der Waals surface area (Å²) in [4.78, 5) is 16.3. The van der Waals surface area contributed by atoms with E-state index in [0.717, 1.165) is 41.7 Å². The molecular weight excluding hydrogens is 431 g/mol. The predicted molar refractivity (Wildman–Crippen MR) is 121 cm³/mol. The first-order valence-corrected chi connectivity index (χ1v) is 11.0. The van der Waals surface area contributed by atoms with Crippen molar-refractivity contribution in [1.29, 1.82) is 0 Å². The van der Waals surface area contributed by atoms with Crippen LogP contribution in [-0.4, -0.2) is 40.3 Å². The monoisotopic (exact) mass is 459 g/mol. The zero-order valence-corrected chi connectivity index (χ0v) is 19.4. The van der Waals surface area contributed by atoms with Gasteiger partial charge in [0.1, 0.15) is 11.6 Å². The van der Waals surface area contributed by atoms with Gasteiger partial charge in [-0.1, -0.05) is 12.1 Å². The number of pyridine rings is 1. The van der Waals surface area contributed by atoms with Gasteiger partial charge in [-0.3, -0.25) is 4.99 Å². The van der Waals surface area contributed by atoms with Gasteiger partial charge in [0.2, 0.25) is 0 Å². The maximum absolute atomic E-state index is 13.4. The van der Waals surface area contributed by atoms with Gasteiger partial charge < -0.3 is 14.2 Å². The molecule has 0 saturated carbocycles. The lowest BCUT2D eigenvalue weighted by molar-refractivity contribution is -0.138. The normalized spacial score (nSPS) is 18.7. The lowest BCUT2D eigenvalue weighted by atomic mass is 9.97. The number of fused-ring (bicyclic) bond motifs is 1. The van der Waals surface area contributed by atoms with Crippen molar-refractivity contribution in [3.63, 3.8) is 0 Å². The highest BCUT2D eigenvalue weighted by atomic mass is 19.4. The molecule has 6 nitrogen and oxygen atoms in total. The minimum Gasteiger partial charge on any atom is -0.375 e. The molecule has 1 saturated heterocycles. The van der Waals surface area contributed by atoms with Crippen LogP contribution in [0.1, 0.15) is 42.4 Å². The average Bonchev–Trinajstić information content (AvgIpc) is 2.76. The molecule has 3 aromatic rings. The lowest BCUT2D eigenvalue weighted by Crippen LogP contribution is -2.41. The third-order valence-electron chi connectivity index (χ3n) is 6.24.